The number of H-pyrrole nitrogens is 1. The van der Waals surface area contributed by atoms with Gasteiger partial charge in [0.2, 0.25) is 5.95 Å². The first-order valence-corrected chi connectivity index (χ1v) is 9.44. The van der Waals surface area contributed by atoms with E-state index < -0.39 is 18.1 Å². The Morgan fingerprint density at radius 2 is 2.03 bits per heavy atom. The largest absolute Gasteiger partial charge is 0.490 e. The Balaban J connectivity index is 0.000000360. The molecule has 1 atom stereocenters. The molecule has 4 rings (SSSR count). The lowest BCUT2D eigenvalue weighted by Gasteiger charge is -2.07. The number of nitrogens with zero attached hydrogens (tertiary/aromatic N) is 7. The molecule has 3 N–H and O–H groups in total. The minimum atomic E-state index is -5.08. The molecule has 0 spiro atoms. The molecule has 3 heterocycles. The van der Waals surface area contributed by atoms with Crippen LogP contribution in [-0.4, -0.2) is 52.8 Å². The number of alkyl halides is 3. The molecule has 0 aliphatic rings. The summed E-state index contributed by atoms with van der Waals surface area (Å²) in [6.07, 6.45) is -3.47. The van der Waals surface area contributed by atoms with E-state index in [9.17, 15) is 18.4 Å². The Morgan fingerprint density at radius 1 is 1.28 bits per heavy atom. The Morgan fingerprint density at radius 3 is 2.66 bits per heavy atom. The number of aliphatic carboxylic acids is 1. The van der Waals surface area contributed by atoms with E-state index in [0.717, 1.165) is 10.2 Å². The normalized spacial score (nSPS) is 11.8. The first kappa shape index (κ1) is 22.5. The third kappa shape index (κ3) is 5.70. The summed E-state index contributed by atoms with van der Waals surface area (Å²) in [6.45, 7) is 0.332. The van der Waals surface area contributed by atoms with E-state index in [-0.39, 0.29) is 0 Å². The Bertz CT molecular complexity index is 1210. The fourth-order valence-corrected chi connectivity index (χ4v) is 3.32. The summed E-state index contributed by atoms with van der Waals surface area (Å²) < 4.78 is 32.8. The SMILES string of the molecule is N#CC(c1ccnc(NCc2nn[nH]n2)n1)c1nc2ccccc2s1.O=C(O)C(F)(F)F. The van der Waals surface area contributed by atoms with Crippen LogP contribution in [0.1, 0.15) is 22.4 Å². The first-order chi connectivity index (χ1) is 15.3. The molecule has 1 aromatic carbocycles. The van der Waals surface area contributed by atoms with Crippen LogP contribution in [-0.2, 0) is 11.3 Å². The first-order valence-electron chi connectivity index (χ1n) is 8.62. The summed E-state index contributed by atoms with van der Waals surface area (Å²) in [4.78, 5) is 22.0. The molecule has 0 aliphatic carbocycles. The fourth-order valence-electron chi connectivity index (χ4n) is 2.30. The minimum Gasteiger partial charge on any atom is -0.475 e. The second-order valence-electron chi connectivity index (χ2n) is 5.87. The van der Waals surface area contributed by atoms with Crippen LogP contribution in [0.4, 0.5) is 19.1 Å². The van der Waals surface area contributed by atoms with Crippen molar-refractivity contribution in [2.24, 2.45) is 0 Å². The topological polar surface area (TPSA) is 166 Å². The van der Waals surface area contributed by atoms with Crippen molar-refractivity contribution in [3.8, 4) is 6.07 Å². The van der Waals surface area contributed by atoms with Gasteiger partial charge in [-0.15, -0.1) is 21.5 Å². The molecule has 3 aromatic heterocycles. The predicted octanol–water partition coefficient (Wildman–Crippen LogP) is 2.50. The van der Waals surface area contributed by atoms with Gasteiger partial charge in [-0.25, -0.2) is 19.7 Å². The van der Waals surface area contributed by atoms with Gasteiger partial charge in [0.1, 0.15) is 10.9 Å². The Hall–Kier alpha value is -4.19. The van der Waals surface area contributed by atoms with E-state index in [1.165, 1.54) is 11.3 Å². The number of tetrazole rings is 1. The molecule has 32 heavy (non-hydrogen) atoms. The van der Waals surface area contributed by atoms with Gasteiger partial charge in [0.05, 0.1) is 28.5 Å². The Kier molecular flexibility index (Phi) is 6.85. The van der Waals surface area contributed by atoms with Gasteiger partial charge < -0.3 is 10.4 Å². The number of nitriles is 1. The van der Waals surface area contributed by atoms with Gasteiger partial charge in [0.25, 0.3) is 0 Å². The molecule has 11 nitrogen and oxygen atoms in total. The van der Waals surface area contributed by atoms with Gasteiger partial charge in [0, 0.05) is 6.20 Å². The van der Waals surface area contributed by atoms with Crippen molar-refractivity contribution >= 4 is 33.5 Å². The maximum atomic E-state index is 10.6. The van der Waals surface area contributed by atoms with Crippen LogP contribution in [0.2, 0.25) is 0 Å². The highest BCUT2D eigenvalue weighted by molar-refractivity contribution is 7.18. The van der Waals surface area contributed by atoms with Crippen molar-refractivity contribution < 1.29 is 23.1 Å². The molecule has 15 heteroatoms. The van der Waals surface area contributed by atoms with Gasteiger partial charge in [-0.1, -0.05) is 17.3 Å². The number of rotatable bonds is 5. The zero-order valence-electron chi connectivity index (χ0n) is 15.8. The molecule has 0 radical (unpaired) electrons. The number of anilines is 1. The minimum absolute atomic E-state index is 0.332. The maximum absolute atomic E-state index is 10.6. The number of hydrogen-bond donors (Lipinski definition) is 3. The fraction of sp³-hybridized carbons (Fsp3) is 0.176. The number of aromatic nitrogens is 7. The zero-order valence-corrected chi connectivity index (χ0v) is 16.6. The van der Waals surface area contributed by atoms with Gasteiger partial charge in [0.15, 0.2) is 5.82 Å². The van der Waals surface area contributed by atoms with Crippen LogP contribution in [0, 0.1) is 11.3 Å². The van der Waals surface area contributed by atoms with Crippen LogP contribution in [0.25, 0.3) is 10.2 Å². The molecule has 0 amide bonds. The summed E-state index contributed by atoms with van der Waals surface area (Å²) in [5.74, 6) is -2.42. The van der Waals surface area contributed by atoms with Crippen LogP contribution < -0.4 is 5.32 Å². The summed E-state index contributed by atoms with van der Waals surface area (Å²) in [7, 11) is 0. The van der Waals surface area contributed by atoms with E-state index in [1.807, 2.05) is 24.3 Å². The number of nitrogens with one attached hydrogen (secondary N) is 2. The summed E-state index contributed by atoms with van der Waals surface area (Å²) in [6, 6.07) is 11.8. The predicted molar refractivity (Wildman–Crippen MR) is 104 cm³/mol. The van der Waals surface area contributed by atoms with E-state index in [2.05, 4.69) is 47.0 Å². The number of fused-ring (bicyclic) bond motifs is 1. The van der Waals surface area contributed by atoms with Crippen molar-refractivity contribution in [1.29, 1.82) is 5.26 Å². The van der Waals surface area contributed by atoms with Crippen molar-refractivity contribution in [1.82, 2.24) is 35.6 Å². The smallest absolute Gasteiger partial charge is 0.475 e. The highest BCUT2D eigenvalue weighted by atomic mass is 32.1. The molecule has 0 saturated heterocycles. The third-order valence-electron chi connectivity index (χ3n) is 3.70. The van der Waals surface area contributed by atoms with E-state index >= 15 is 0 Å². The second kappa shape index (κ2) is 9.75. The van der Waals surface area contributed by atoms with Gasteiger partial charge in [-0.05, 0) is 18.2 Å². The average molecular weight is 463 g/mol. The summed E-state index contributed by atoms with van der Waals surface area (Å²) in [5.41, 5.74) is 1.47. The number of para-hydroxylation sites is 1. The number of carbonyl (C=O) groups is 1. The molecular formula is C17H12F3N9O2S. The second-order valence-corrected chi connectivity index (χ2v) is 6.93. The number of benzene rings is 1. The number of aromatic amines is 1. The molecule has 1 unspecified atom stereocenters. The Labute approximate surface area is 181 Å². The average Bonchev–Trinajstić information content (AvgIpc) is 3.42. The summed E-state index contributed by atoms with van der Waals surface area (Å²) >= 11 is 1.50. The van der Waals surface area contributed by atoms with Crippen molar-refractivity contribution in [3.63, 3.8) is 0 Å². The molecule has 0 aliphatic heterocycles. The summed E-state index contributed by atoms with van der Waals surface area (Å²) in [5, 5.41) is 34.0. The van der Waals surface area contributed by atoms with Crippen molar-refractivity contribution in [2.75, 3.05) is 5.32 Å². The lowest BCUT2D eigenvalue weighted by atomic mass is 10.1. The van der Waals surface area contributed by atoms with Crippen LogP contribution in [0.15, 0.2) is 36.5 Å². The van der Waals surface area contributed by atoms with Crippen LogP contribution in [0.5, 0.6) is 0 Å². The third-order valence-corrected chi connectivity index (χ3v) is 4.80. The monoisotopic (exact) mass is 463 g/mol. The van der Waals surface area contributed by atoms with Gasteiger partial charge in [-0.3, -0.25) is 0 Å². The molecule has 0 fully saturated rings. The number of thiazole rings is 1. The van der Waals surface area contributed by atoms with Crippen LogP contribution >= 0.6 is 11.3 Å². The number of halogens is 3. The quantitative estimate of drug-likeness (QED) is 0.400. The van der Waals surface area contributed by atoms with E-state index in [1.54, 1.807) is 12.3 Å². The zero-order chi connectivity index (χ0) is 23.1. The molecule has 164 valence electrons. The van der Waals surface area contributed by atoms with E-state index in [4.69, 9.17) is 9.90 Å². The molecule has 0 bridgehead atoms. The lowest BCUT2D eigenvalue weighted by Crippen LogP contribution is -2.21. The molecular weight excluding hydrogens is 451 g/mol. The standard InChI is InChI=1S/C15H11N9S.C2HF3O2/c16-7-9(14-19-11-3-1-2-4-12(11)25-14)10-5-6-17-15(20-10)18-8-13-21-23-24-22-13;3-2(4,5)1(6)7/h1-6,9H,8H2,(H,17,18,20)(H,21,22,23,24);(H,6,7). The highest BCUT2D eigenvalue weighted by Gasteiger charge is 2.38. The number of carboxylic acid groups (broad SMARTS) is 1. The molecule has 4 aromatic rings. The molecule has 0 saturated carbocycles. The van der Waals surface area contributed by atoms with Crippen LogP contribution in [0.3, 0.4) is 0 Å². The van der Waals surface area contributed by atoms with Crippen molar-refractivity contribution in [3.05, 3.63) is 53.1 Å². The van der Waals surface area contributed by atoms with Crippen molar-refractivity contribution in [2.45, 2.75) is 18.6 Å². The maximum Gasteiger partial charge on any atom is 0.490 e. The van der Waals surface area contributed by atoms with Gasteiger partial charge in [-0.2, -0.15) is 23.6 Å². The highest BCUT2D eigenvalue weighted by Crippen LogP contribution is 2.30. The lowest BCUT2D eigenvalue weighted by molar-refractivity contribution is -0.192. The van der Waals surface area contributed by atoms with Gasteiger partial charge >= 0.3 is 12.1 Å². The van der Waals surface area contributed by atoms with E-state index in [0.29, 0.717) is 29.0 Å². The number of hydrogen-bond acceptors (Lipinski definition) is 10. The number of carboxylic acids is 1.